The molecule has 0 aliphatic rings. The van der Waals surface area contributed by atoms with Crippen molar-refractivity contribution in [1.29, 1.82) is 0 Å². The van der Waals surface area contributed by atoms with Gasteiger partial charge >= 0.3 is 0 Å². The number of hydrogen-bond donors (Lipinski definition) is 2. The second-order valence-corrected chi connectivity index (χ2v) is 8.21. The van der Waals surface area contributed by atoms with Crippen LogP contribution < -0.4 is 10.0 Å². The van der Waals surface area contributed by atoms with Crippen molar-refractivity contribution in [2.75, 3.05) is 12.0 Å². The summed E-state index contributed by atoms with van der Waals surface area (Å²) in [4.78, 5) is 12.2. The van der Waals surface area contributed by atoms with Crippen LogP contribution in [0.3, 0.4) is 0 Å². The van der Waals surface area contributed by atoms with Gasteiger partial charge < -0.3 is 5.32 Å². The minimum Gasteiger partial charge on any atom is -0.353 e. The fraction of sp³-hybridized carbons (Fsp3) is 0.500. The molecule has 0 radical (unpaired) electrons. The average molecular weight is 365 g/mol. The van der Waals surface area contributed by atoms with Crippen LogP contribution in [-0.4, -0.2) is 38.4 Å². The Morgan fingerprint density at radius 1 is 1.27 bits per heavy atom. The van der Waals surface area contributed by atoms with Crippen LogP contribution in [0.25, 0.3) is 0 Å². The van der Waals surface area contributed by atoms with Crippen LogP contribution in [0.1, 0.15) is 20.3 Å². The van der Waals surface area contributed by atoms with E-state index in [2.05, 4.69) is 10.0 Å². The van der Waals surface area contributed by atoms with E-state index in [4.69, 9.17) is 11.6 Å². The first-order valence-electron chi connectivity index (χ1n) is 6.83. The van der Waals surface area contributed by atoms with Crippen LogP contribution in [0.5, 0.6) is 0 Å². The fourth-order valence-electron chi connectivity index (χ4n) is 1.73. The number of halogens is 1. The van der Waals surface area contributed by atoms with E-state index in [1.54, 1.807) is 11.8 Å². The maximum Gasteiger partial charge on any atom is 0.241 e. The summed E-state index contributed by atoms with van der Waals surface area (Å²) in [6.45, 7) is 3.66. The third kappa shape index (κ3) is 6.16. The molecule has 0 saturated heterocycles. The molecule has 1 aromatic carbocycles. The lowest BCUT2D eigenvalue weighted by molar-refractivity contribution is -0.123. The standard InChI is InChI=1S/C14H21ClN2O3S2/c1-10(2)16-14(18)13(8-9-21-3)17-22(19,20)12-6-4-11(15)5-7-12/h4-7,10,13,17H,8-9H2,1-3H3,(H,16,18). The van der Waals surface area contributed by atoms with Gasteiger partial charge in [-0.1, -0.05) is 11.6 Å². The summed E-state index contributed by atoms with van der Waals surface area (Å²) in [6, 6.07) is 4.98. The van der Waals surface area contributed by atoms with Gasteiger partial charge in [0, 0.05) is 11.1 Å². The van der Waals surface area contributed by atoms with Gasteiger partial charge in [-0.2, -0.15) is 16.5 Å². The number of rotatable bonds is 8. The summed E-state index contributed by atoms with van der Waals surface area (Å²) in [5, 5.41) is 3.19. The molecule has 0 spiro atoms. The number of nitrogens with one attached hydrogen (secondary N) is 2. The number of carbonyl (C=O) groups is 1. The van der Waals surface area contributed by atoms with E-state index in [0.717, 1.165) is 0 Å². The Hall–Kier alpha value is -0.760. The van der Waals surface area contributed by atoms with E-state index < -0.39 is 16.1 Å². The number of amides is 1. The highest BCUT2D eigenvalue weighted by atomic mass is 35.5. The zero-order valence-electron chi connectivity index (χ0n) is 12.8. The molecular weight excluding hydrogens is 344 g/mol. The van der Waals surface area contributed by atoms with E-state index in [1.165, 1.54) is 24.3 Å². The number of carbonyl (C=O) groups excluding carboxylic acids is 1. The Labute approximate surface area is 141 Å². The van der Waals surface area contributed by atoms with Crippen molar-refractivity contribution >= 4 is 39.3 Å². The van der Waals surface area contributed by atoms with E-state index in [0.29, 0.717) is 17.2 Å². The number of sulfonamides is 1. The third-order valence-electron chi connectivity index (χ3n) is 2.78. The summed E-state index contributed by atoms with van der Waals surface area (Å²) in [5.41, 5.74) is 0. The number of hydrogen-bond acceptors (Lipinski definition) is 4. The molecule has 8 heteroatoms. The molecule has 1 aromatic rings. The summed E-state index contributed by atoms with van der Waals surface area (Å²) in [7, 11) is -3.77. The van der Waals surface area contributed by atoms with Crippen molar-refractivity contribution < 1.29 is 13.2 Å². The smallest absolute Gasteiger partial charge is 0.241 e. The lowest BCUT2D eigenvalue weighted by Crippen LogP contribution is -2.48. The van der Waals surface area contributed by atoms with Gasteiger partial charge in [-0.3, -0.25) is 4.79 Å². The molecule has 1 atom stereocenters. The molecule has 0 saturated carbocycles. The molecule has 1 unspecified atom stereocenters. The molecule has 0 fully saturated rings. The molecule has 22 heavy (non-hydrogen) atoms. The van der Waals surface area contributed by atoms with Crippen LogP contribution in [0.15, 0.2) is 29.2 Å². The van der Waals surface area contributed by atoms with E-state index >= 15 is 0 Å². The summed E-state index contributed by atoms with van der Waals surface area (Å²) in [6.07, 6.45) is 2.33. The van der Waals surface area contributed by atoms with Gasteiger partial charge in [-0.25, -0.2) is 8.42 Å². The molecule has 5 nitrogen and oxygen atoms in total. The Kier molecular flexibility index (Phi) is 7.68. The molecule has 2 N–H and O–H groups in total. The largest absolute Gasteiger partial charge is 0.353 e. The Bertz CT molecular complexity index is 589. The van der Waals surface area contributed by atoms with Crippen molar-refractivity contribution in [3.05, 3.63) is 29.3 Å². The topological polar surface area (TPSA) is 75.3 Å². The van der Waals surface area contributed by atoms with E-state index in [-0.39, 0.29) is 16.8 Å². The van der Waals surface area contributed by atoms with Crippen molar-refractivity contribution in [2.45, 2.75) is 37.2 Å². The molecule has 124 valence electrons. The zero-order chi connectivity index (χ0) is 16.8. The summed E-state index contributed by atoms with van der Waals surface area (Å²) >= 11 is 7.32. The second-order valence-electron chi connectivity index (χ2n) is 5.07. The predicted octanol–water partition coefficient (Wildman–Crippen LogP) is 2.26. The molecule has 0 aromatic heterocycles. The van der Waals surface area contributed by atoms with Crippen molar-refractivity contribution in [3.8, 4) is 0 Å². The first-order chi connectivity index (χ1) is 10.3. The van der Waals surface area contributed by atoms with Gasteiger partial charge in [0.2, 0.25) is 15.9 Å². The lowest BCUT2D eigenvalue weighted by atomic mass is 10.2. The first-order valence-corrected chi connectivity index (χ1v) is 10.1. The highest BCUT2D eigenvalue weighted by Gasteiger charge is 2.25. The Balaban J connectivity index is 2.91. The maximum absolute atomic E-state index is 12.4. The zero-order valence-corrected chi connectivity index (χ0v) is 15.2. The second kappa shape index (κ2) is 8.76. The van der Waals surface area contributed by atoms with Gasteiger partial charge in [0.05, 0.1) is 4.90 Å². The maximum atomic E-state index is 12.4. The van der Waals surface area contributed by atoms with E-state index in [1.807, 2.05) is 20.1 Å². The van der Waals surface area contributed by atoms with Crippen molar-refractivity contribution in [2.24, 2.45) is 0 Å². The molecule has 0 aliphatic heterocycles. The average Bonchev–Trinajstić information content (AvgIpc) is 2.43. The van der Waals surface area contributed by atoms with Gasteiger partial charge in [-0.15, -0.1) is 0 Å². The monoisotopic (exact) mass is 364 g/mol. The molecular formula is C14H21ClN2O3S2. The molecule has 0 aliphatic carbocycles. The highest BCUT2D eigenvalue weighted by Crippen LogP contribution is 2.15. The number of thioether (sulfide) groups is 1. The van der Waals surface area contributed by atoms with Gasteiger partial charge in [0.1, 0.15) is 6.04 Å². The quantitative estimate of drug-likeness (QED) is 0.742. The minimum atomic E-state index is -3.77. The summed E-state index contributed by atoms with van der Waals surface area (Å²) in [5.74, 6) is 0.362. The summed E-state index contributed by atoms with van der Waals surface area (Å²) < 4.78 is 27.2. The molecule has 0 bridgehead atoms. The fourth-order valence-corrected chi connectivity index (χ4v) is 3.56. The van der Waals surface area contributed by atoms with Crippen LogP contribution >= 0.6 is 23.4 Å². The number of benzene rings is 1. The first kappa shape index (κ1) is 19.3. The molecule has 1 amide bonds. The predicted molar refractivity (Wildman–Crippen MR) is 91.8 cm³/mol. The third-order valence-corrected chi connectivity index (χ3v) is 5.16. The van der Waals surface area contributed by atoms with Crippen LogP contribution in [0.4, 0.5) is 0 Å². The Morgan fingerprint density at radius 3 is 2.36 bits per heavy atom. The normalized spacial score (nSPS) is 13.1. The van der Waals surface area contributed by atoms with Gasteiger partial charge in [0.25, 0.3) is 0 Å². The minimum absolute atomic E-state index is 0.0516. The highest BCUT2D eigenvalue weighted by molar-refractivity contribution is 7.98. The van der Waals surface area contributed by atoms with Gasteiger partial charge in [0.15, 0.2) is 0 Å². The lowest BCUT2D eigenvalue weighted by Gasteiger charge is -2.19. The van der Waals surface area contributed by atoms with Gasteiger partial charge in [-0.05, 0) is 56.5 Å². The van der Waals surface area contributed by atoms with Crippen LogP contribution in [-0.2, 0) is 14.8 Å². The van der Waals surface area contributed by atoms with E-state index in [9.17, 15) is 13.2 Å². The SMILES string of the molecule is CSCCC(NS(=O)(=O)c1ccc(Cl)cc1)C(=O)NC(C)C. The van der Waals surface area contributed by atoms with Crippen LogP contribution in [0.2, 0.25) is 5.02 Å². The van der Waals surface area contributed by atoms with Crippen molar-refractivity contribution in [1.82, 2.24) is 10.0 Å². The molecule has 0 heterocycles. The molecule has 1 rings (SSSR count). The Morgan fingerprint density at radius 2 is 1.86 bits per heavy atom. The van der Waals surface area contributed by atoms with Crippen molar-refractivity contribution in [3.63, 3.8) is 0 Å². The van der Waals surface area contributed by atoms with Crippen LogP contribution in [0, 0.1) is 0 Å².